The van der Waals surface area contributed by atoms with Crippen LogP contribution in [0.4, 0.5) is 18.9 Å². The maximum atomic E-state index is 13.2. The van der Waals surface area contributed by atoms with Crippen molar-refractivity contribution >= 4 is 52.5 Å². The van der Waals surface area contributed by atoms with Gasteiger partial charge in [-0.05, 0) is 38.1 Å². The van der Waals surface area contributed by atoms with Gasteiger partial charge in [-0.2, -0.15) is 13.2 Å². The first-order valence-electron chi connectivity index (χ1n) is 8.78. The van der Waals surface area contributed by atoms with E-state index in [2.05, 4.69) is 19.9 Å². The van der Waals surface area contributed by atoms with Crippen molar-refractivity contribution in [2.24, 2.45) is 0 Å². The summed E-state index contributed by atoms with van der Waals surface area (Å²) in [5.74, 6) is 0.272. The Morgan fingerprint density at radius 3 is 2.45 bits per heavy atom. The maximum Gasteiger partial charge on any atom is 0.417 e. The molecule has 1 aromatic carbocycles. The minimum absolute atomic E-state index is 0.0645. The Labute approximate surface area is 187 Å². The molecular weight excluding hydrogens is 477 g/mol. The molecule has 3 aromatic rings. The van der Waals surface area contributed by atoms with E-state index >= 15 is 0 Å². The first kappa shape index (κ1) is 23.4. The van der Waals surface area contributed by atoms with E-state index in [1.807, 2.05) is 13.8 Å². The molecule has 2 heterocycles. The monoisotopic (exact) mass is 491 g/mol. The third-order valence-corrected chi connectivity index (χ3v) is 6.15. The van der Waals surface area contributed by atoms with Crippen molar-refractivity contribution in [1.29, 1.82) is 0 Å². The number of alkyl halides is 3. The van der Waals surface area contributed by atoms with Gasteiger partial charge in [-0.3, -0.25) is 4.72 Å². The van der Waals surface area contributed by atoms with Crippen molar-refractivity contribution in [3.63, 3.8) is 0 Å². The van der Waals surface area contributed by atoms with Gasteiger partial charge in [0.25, 0.3) is 10.0 Å². The van der Waals surface area contributed by atoms with Crippen LogP contribution in [0.15, 0.2) is 35.4 Å². The van der Waals surface area contributed by atoms with Gasteiger partial charge in [-0.1, -0.05) is 23.2 Å². The highest BCUT2D eigenvalue weighted by molar-refractivity contribution is 7.92. The molecule has 0 saturated heterocycles. The predicted molar refractivity (Wildman–Crippen MR) is 114 cm³/mol. The second-order valence-corrected chi connectivity index (χ2v) is 9.36. The zero-order chi connectivity index (χ0) is 23.1. The van der Waals surface area contributed by atoms with E-state index in [1.54, 1.807) is 12.4 Å². The van der Waals surface area contributed by atoms with Crippen LogP contribution in [0.3, 0.4) is 0 Å². The van der Waals surface area contributed by atoms with E-state index < -0.39 is 31.7 Å². The van der Waals surface area contributed by atoms with Gasteiger partial charge in [0.1, 0.15) is 5.69 Å². The third-order valence-electron chi connectivity index (χ3n) is 4.25. The lowest BCUT2D eigenvalue weighted by Crippen LogP contribution is -2.22. The Morgan fingerprint density at radius 1 is 1.16 bits per heavy atom. The number of aromatic nitrogens is 4. The van der Waals surface area contributed by atoms with Crippen molar-refractivity contribution in [1.82, 2.24) is 19.7 Å². The zero-order valence-corrected chi connectivity index (χ0v) is 18.7. The fourth-order valence-corrected chi connectivity index (χ4v) is 4.40. The van der Waals surface area contributed by atoms with Gasteiger partial charge in [-0.15, -0.1) is 10.2 Å². The van der Waals surface area contributed by atoms with Crippen molar-refractivity contribution in [3.05, 3.63) is 46.1 Å². The molecule has 31 heavy (non-hydrogen) atoms. The van der Waals surface area contributed by atoms with Crippen molar-refractivity contribution in [3.8, 4) is 11.5 Å². The summed E-state index contributed by atoms with van der Waals surface area (Å²) in [5, 5.41) is 7.57. The Hall–Kier alpha value is -2.31. The van der Waals surface area contributed by atoms with Crippen molar-refractivity contribution in [2.75, 3.05) is 4.72 Å². The highest BCUT2D eigenvalue weighted by atomic mass is 35.5. The van der Waals surface area contributed by atoms with Crippen LogP contribution in [0, 0.1) is 0 Å². The molecule has 0 bridgehead atoms. The number of sulfonamides is 1. The normalized spacial score (nSPS) is 12.4. The highest BCUT2D eigenvalue weighted by Crippen LogP contribution is 2.37. The van der Waals surface area contributed by atoms with E-state index in [9.17, 15) is 21.6 Å². The molecule has 0 aliphatic heterocycles. The fourth-order valence-electron chi connectivity index (χ4n) is 2.94. The van der Waals surface area contributed by atoms with E-state index in [-0.39, 0.29) is 28.3 Å². The molecule has 0 aliphatic carbocycles. The molecule has 0 spiro atoms. The lowest BCUT2D eigenvalue weighted by Gasteiger charge is -2.16. The van der Waals surface area contributed by atoms with Crippen LogP contribution in [-0.4, -0.2) is 36.0 Å². The summed E-state index contributed by atoms with van der Waals surface area (Å²) in [6.07, 6.45) is -3.52. The van der Waals surface area contributed by atoms with Crippen molar-refractivity contribution in [2.45, 2.75) is 31.0 Å². The summed E-state index contributed by atoms with van der Waals surface area (Å²) in [5.41, 5.74) is -0.641. The van der Waals surface area contributed by atoms with Crippen LogP contribution >= 0.6 is 23.2 Å². The summed E-state index contributed by atoms with van der Waals surface area (Å²) in [7, 11) is -2.73. The number of rotatable bonds is 5. The van der Waals surface area contributed by atoms with Gasteiger partial charge in [0.05, 0.1) is 31.9 Å². The molecular formula is C17H15BCl2F3N5O2S. The number of hydrogen-bond acceptors (Lipinski definition) is 5. The summed E-state index contributed by atoms with van der Waals surface area (Å²) in [6.45, 7) is 3.76. The zero-order valence-electron chi connectivity index (χ0n) is 16.4. The molecule has 0 aliphatic rings. The number of halogens is 5. The lowest BCUT2D eigenvalue weighted by molar-refractivity contribution is -0.137. The SMILES string of the molecule is Bc1nnc(-c2ncc(Cl)cc2NS(=O)(=O)c2ccc(Cl)c(C(F)(F)F)c2)n1C(C)C. The van der Waals surface area contributed by atoms with Crippen LogP contribution in [-0.2, 0) is 16.2 Å². The molecule has 0 amide bonds. The Morgan fingerprint density at radius 2 is 1.84 bits per heavy atom. The quantitative estimate of drug-likeness (QED) is 0.553. The topological polar surface area (TPSA) is 89.8 Å². The van der Waals surface area contributed by atoms with Crippen LogP contribution in [0.1, 0.15) is 25.5 Å². The number of nitrogens with zero attached hydrogens (tertiary/aromatic N) is 4. The minimum atomic E-state index is -4.82. The van der Waals surface area contributed by atoms with E-state index in [0.29, 0.717) is 11.8 Å². The van der Waals surface area contributed by atoms with Gasteiger partial charge in [0, 0.05) is 12.2 Å². The first-order valence-corrected chi connectivity index (χ1v) is 11.0. The number of benzene rings is 1. The second-order valence-electron chi connectivity index (χ2n) is 6.83. The Balaban J connectivity index is 2.11. The third kappa shape index (κ3) is 4.80. The predicted octanol–water partition coefficient (Wildman–Crippen LogP) is 3.31. The molecule has 0 fully saturated rings. The van der Waals surface area contributed by atoms with Gasteiger partial charge >= 0.3 is 6.18 Å². The number of nitrogens with one attached hydrogen (secondary N) is 1. The molecule has 164 valence electrons. The largest absolute Gasteiger partial charge is 0.417 e. The van der Waals surface area contributed by atoms with E-state index in [0.717, 1.165) is 12.1 Å². The smallest absolute Gasteiger partial charge is 0.316 e. The molecule has 14 heteroatoms. The molecule has 7 nitrogen and oxygen atoms in total. The average molecular weight is 492 g/mol. The average Bonchev–Trinajstić information content (AvgIpc) is 3.02. The van der Waals surface area contributed by atoms with Gasteiger partial charge < -0.3 is 4.57 Å². The molecule has 0 saturated carbocycles. The van der Waals surface area contributed by atoms with Crippen molar-refractivity contribution < 1.29 is 21.6 Å². The molecule has 0 radical (unpaired) electrons. The lowest BCUT2D eigenvalue weighted by atomic mass is 10.1. The molecule has 0 unspecified atom stereocenters. The van der Waals surface area contributed by atoms with Crippen LogP contribution in [0.5, 0.6) is 0 Å². The van der Waals surface area contributed by atoms with Gasteiger partial charge in [0.2, 0.25) is 0 Å². The Kier molecular flexibility index (Phi) is 6.27. The van der Waals surface area contributed by atoms with Gasteiger partial charge in [0.15, 0.2) is 13.7 Å². The van der Waals surface area contributed by atoms with Crippen LogP contribution in [0.25, 0.3) is 11.5 Å². The fraction of sp³-hybridized carbons (Fsp3) is 0.235. The molecule has 3 rings (SSSR count). The summed E-state index contributed by atoms with van der Waals surface area (Å²) < 4.78 is 69.2. The maximum absolute atomic E-state index is 13.2. The number of pyridine rings is 1. The standard InChI is InChI=1S/C17H15BCl2F3N5O2S/c1-8(2)28-15(25-26-16(28)18)14-13(5-9(19)7-24-14)27-31(29,30)10-3-4-12(20)11(6-10)17(21,22)23/h3-8,27H,18H2,1-2H3. The molecule has 1 N–H and O–H groups in total. The molecule has 2 aromatic heterocycles. The van der Waals surface area contributed by atoms with Crippen LogP contribution < -0.4 is 10.4 Å². The summed E-state index contributed by atoms with van der Waals surface area (Å²) in [4.78, 5) is 3.54. The number of anilines is 1. The van der Waals surface area contributed by atoms with Gasteiger partial charge in [-0.25, -0.2) is 13.4 Å². The summed E-state index contributed by atoms with van der Waals surface area (Å²) >= 11 is 11.6. The molecule has 0 atom stereocenters. The second kappa shape index (κ2) is 8.32. The van der Waals surface area contributed by atoms with Crippen LogP contribution in [0.2, 0.25) is 10.0 Å². The summed E-state index contributed by atoms with van der Waals surface area (Å²) in [6, 6.07) is 3.52. The minimum Gasteiger partial charge on any atom is -0.316 e. The first-order chi connectivity index (χ1) is 14.3. The number of hydrogen-bond donors (Lipinski definition) is 1. The Bertz CT molecular complexity index is 1250. The van der Waals surface area contributed by atoms with E-state index in [1.165, 1.54) is 12.3 Å². The van der Waals surface area contributed by atoms with E-state index in [4.69, 9.17) is 23.2 Å². The highest BCUT2D eigenvalue weighted by Gasteiger charge is 2.34.